The van der Waals surface area contributed by atoms with Crippen LogP contribution >= 0.6 is 0 Å². The van der Waals surface area contributed by atoms with E-state index in [9.17, 15) is 9.59 Å². The van der Waals surface area contributed by atoms with E-state index in [1.54, 1.807) is 6.92 Å². The summed E-state index contributed by atoms with van der Waals surface area (Å²) >= 11 is 0. The van der Waals surface area contributed by atoms with Crippen molar-refractivity contribution < 1.29 is 19.4 Å². The molecule has 0 fully saturated rings. The van der Waals surface area contributed by atoms with E-state index in [1.165, 1.54) is 0 Å². The van der Waals surface area contributed by atoms with E-state index in [4.69, 9.17) is 9.84 Å². The molecular weight excluding hydrogens is 212 g/mol. The molecule has 94 valence electrons. The number of aliphatic carboxylic acids is 1. The number of rotatable bonds is 7. The van der Waals surface area contributed by atoms with Crippen LogP contribution in [0.25, 0.3) is 0 Å². The summed E-state index contributed by atoms with van der Waals surface area (Å²) in [7, 11) is 0. The Kier molecular flexibility index (Phi) is 7.28. The molecule has 0 rings (SSSR count). The quantitative estimate of drug-likeness (QED) is 0.599. The van der Waals surface area contributed by atoms with Gasteiger partial charge in [-0.05, 0) is 20.3 Å². The van der Waals surface area contributed by atoms with Gasteiger partial charge in [-0.1, -0.05) is 6.92 Å². The molecule has 0 aromatic heterocycles. The molecule has 0 radical (unpaired) electrons. The fraction of sp³-hybridized carbons (Fsp3) is 0.800. The van der Waals surface area contributed by atoms with Gasteiger partial charge >= 0.3 is 12.0 Å². The monoisotopic (exact) mass is 232 g/mol. The molecule has 0 spiro atoms. The van der Waals surface area contributed by atoms with Crippen LogP contribution in [-0.2, 0) is 9.53 Å². The molecule has 0 aliphatic rings. The Labute approximate surface area is 95.4 Å². The summed E-state index contributed by atoms with van der Waals surface area (Å²) in [6.45, 7) is 6.33. The van der Waals surface area contributed by atoms with Crippen LogP contribution in [0.2, 0.25) is 0 Å². The number of urea groups is 1. The zero-order valence-electron chi connectivity index (χ0n) is 9.95. The minimum absolute atomic E-state index is 0.0827. The average Bonchev–Trinajstić information content (AvgIpc) is 2.23. The number of carboxylic acid groups (broad SMARTS) is 1. The van der Waals surface area contributed by atoms with Crippen molar-refractivity contribution in [3.05, 3.63) is 0 Å². The van der Waals surface area contributed by atoms with E-state index in [0.29, 0.717) is 19.6 Å². The molecule has 1 unspecified atom stereocenters. The van der Waals surface area contributed by atoms with E-state index in [0.717, 1.165) is 0 Å². The van der Waals surface area contributed by atoms with Crippen LogP contribution in [0.5, 0.6) is 0 Å². The SMILES string of the molecule is CCOC(C)CNC(=O)N[C@@H](CC)C(=O)O. The van der Waals surface area contributed by atoms with Gasteiger partial charge in [0.2, 0.25) is 0 Å². The molecule has 0 saturated heterocycles. The molecule has 0 aliphatic carbocycles. The fourth-order valence-electron chi connectivity index (χ4n) is 1.13. The van der Waals surface area contributed by atoms with Gasteiger partial charge in [0.05, 0.1) is 6.10 Å². The molecule has 2 amide bonds. The van der Waals surface area contributed by atoms with Gasteiger partial charge in [-0.2, -0.15) is 0 Å². The Hall–Kier alpha value is -1.30. The highest BCUT2D eigenvalue weighted by atomic mass is 16.5. The maximum Gasteiger partial charge on any atom is 0.326 e. The van der Waals surface area contributed by atoms with Gasteiger partial charge in [0.1, 0.15) is 6.04 Å². The summed E-state index contributed by atoms with van der Waals surface area (Å²) in [6, 6.07) is -1.33. The minimum atomic E-state index is -1.03. The van der Waals surface area contributed by atoms with Crippen molar-refractivity contribution in [2.75, 3.05) is 13.2 Å². The van der Waals surface area contributed by atoms with Crippen molar-refractivity contribution in [2.45, 2.75) is 39.3 Å². The highest BCUT2D eigenvalue weighted by molar-refractivity contribution is 5.82. The molecule has 0 bridgehead atoms. The number of hydrogen-bond donors (Lipinski definition) is 3. The molecule has 0 aromatic rings. The molecule has 6 nitrogen and oxygen atoms in total. The van der Waals surface area contributed by atoms with Gasteiger partial charge < -0.3 is 20.5 Å². The summed E-state index contributed by atoms with van der Waals surface area (Å²) in [5.41, 5.74) is 0. The first-order valence-electron chi connectivity index (χ1n) is 5.40. The summed E-state index contributed by atoms with van der Waals surface area (Å²) < 4.78 is 5.21. The Morgan fingerprint density at radius 3 is 2.44 bits per heavy atom. The summed E-state index contributed by atoms with van der Waals surface area (Å²) in [5, 5.41) is 13.6. The predicted molar refractivity (Wildman–Crippen MR) is 59.3 cm³/mol. The standard InChI is InChI=1S/C10H20N2O4/c1-4-8(9(13)14)12-10(15)11-6-7(3)16-5-2/h7-8H,4-6H2,1-3H3,(H,13,14)(H2,11,12,15)/t7?,8-/m0/s1. The number of carbonyl (C=O) groups excluding carboxylic acids is 1. The van der Waals surface area contributed by atoms with E-state index in [2.05, 4.69) is 10.6 Å². The average molecular weight is 232 g/mol. The number of carbonyl (C=O) groups is 2. The van der Waals surface area contributed by atoms with Gasteiger partial charge in [0, 0.05) is 13.2 Å². The maximum atomic E-state index is 11.3. The zero-order chi connectivity index (χ0) is 12.6. The predicted octanol–water partition coefficient (Wildman–Crippen LogP) is 0.574. The number of hydrogen-bond acceptors (Lipinski definition) is 3. The minimum Gasteiger partial charge on any atom is -0.480 e. The van der Waals surface area contributed by atoms with Gasteiger partial charge in [0.25, 0.3) is 0 Å². The number of nitrogens with one attached hydrogen (secondary N) is 2. The third kappa shape index (κ3) is 6.23. The Bertz CT molecular complexity index is 233. The molecule has 2 atom stereocenters. The van der Waals surface area contributed by atoms with Gasteiger partial charge in [-0.3, -0.25) is 0 Å². The van der Waals surface area contributed by atoms with Crippen LogP contribution in [0.15, 0.2) is 0 Å². The first-order valence-corrected chi connectivity index (χ1v) is 5.40. The molecule has 0 aromatic carbocycles. The molecular formula is C10H20N2O4. The van der Waals surface area contributed by atoms with Crippen LogP contribution in [0, 0.1) is 0 Å². The largest absolute Gasteiger partial charge is 0.480 e. The third-order valence-corrected chi connectivity index (χ3v) is 2.01. The molecule has 16 heavy (non-hydrogen) atoms. The molecule has 0 aliphatic heterocycles. The van der Waals surface area contributed by atoms with E-state index in [1.807, 2.05) is 13.8 Å². The Balaban J connectivity index is 3.85. The lowest BCUT2D eigenvalue weighted by Crippen LogP contribution is -2.47. The Morgan fingerprint density at radius 1 is 1.38 bits per heavy atom. The second kappa shape index (κ2) is 7.92. The molecule has 0 saturated carbocycles. The van der Waals surface area contributed by atoms with Crippen LogP contribution in [0.1, 0.15) is 27.2 Å². The third-order valence-electron chi connectivity index (χ3n) is 2.01. The first-order chi connectivity index (χ1) is 7.51. The van der Waals surface area contributed by atoms with Crippen molar-refractivity contribution >= 4 is 12.0 Å². The topological polar surface area (TPSA) is 87.7 Å². The smallest absolute Gasteiger partial charge is 0.326 e. The molecule has 3 N–H and O–H groups in total. The van der Waals surface area contributed by atoms with E-state index >= 15 is 0 Å². The van der Waals surface area contributed by atoms with E-state index in [-0.39, 0.29) is 6.10 Å². The van der Waals surface area contributed by atoms with Crippen molar-refractivity contribution in [2.24, 2.45) is 0 Å². The van der Waals surface area contributed by atoms with Crippen molar-refractivity contribution in [3.63, 3.8) is 0 Å². The fourth-order valence-corrected chi connectivity index (χ4v) is 1.13. The van der Waals surface area contributed by atoms with Gasteiger partial charge in [-0.25, -0.2) is 9.59 Å². The van der Waals surface area contributed by atoms with Crippen LogP contribution in [0.3, 0.4) is 0 Å². The second-order valence-electron chi connectivity index (χ2n) is 3.42. The number of amides is 2. The van der Waals surface area contributed by atoms with Gasteiger partial charge in [0.15, 0.2) is 0 Å². The second-order valence-corrected chi connectivity index (χ2v) is 3.42. The molecule has 6 heteroatoms. The van der Waals surface area contributed by atoms with Crippen LogP contribution < -0.4 is 10.6 Å². The summed E-state index contributed by atoms with van der Waals surface area (Å²) in [5.74, 6) is -1.03. The maximum absolute atomic E-state index is 11.3. The normalized spacial score (nSPS) is 13.9. The lowest BCUT2D eigenvalue weighted by molar-refractivity contribution is -0.139. The van der Waals surface area contributed by atoms with Crippen LogP contribution in [0.4, 0.5) is 4.79 Å². The number of carboxylic acids is 1. The Morgan fingerprint density at radius 2 is 2.00 bits per heavy atom. The van der Waals surface area contributed by atoms with Gasteiger partial charge in [-0.15, -0.1) is 0 Å². The molecule has 0 heterocycles. The van der Waals surface area contributed by atoms with E-state index < -0.39 is 18.0 Å². The van der Waals surface area contributed by atoms with Crippen molar-refractivity contribution in [1.29, 1.82) is 0 Å². The lowest BCUT2D eigenvalue weighted by atomic mass is 10.2. The number of ether oxygens (including phenoxy) is 1. The highest BCUT2D eigenvalue weighted by Crippen LogP contribution is 1.91. The summed E-state index contributed by atoms with van der Waals surface area (Å²) in [4.78, 5) is 21.9. The first kappa shape index (κ1) is 14.7. The van der Waals surface area contributed by atoms with Crippen molar-refractivity contribution in [1.82, 2.24) is 10.6 Å². The lowest BCUT2D eigenvalue weighted by Gasteiger charge is -2.15. The van der Waals surface area contributed by atoms with Crippen LogP contribution in [-0.4, -0.2) is 42.4 Å². The highest BCUT2D eigenvalue weighted by Gasteiger charge is 2.17. The van der Waals surface area contributed by atoms with Crippen molar-refractivity contribution in [3.8, 4) is 0 Å². The zero-order valence-corrected chi connectivity index (χ0v) is 9.95. The summed E-state index contributed by atoms with van der Waals surface area (Å²) in [6.07, 6.45) is 0.268.